The number of nitrogens with one attached hydrogen (secondary N) is 1. The van der Waals surface area contributed by atoms with E-state index in [1.54, 1.807) is 11.8 Å². The van der Waals surface area contributed by atoms with Crippen LogP contribution in [0.4, 0.5) is 0 Å². The van der Waals surface area contributed by atoms with E-state index in [9.17, 15) is 0 Å². The molecular weight excluding hydrogens is 222 g/mol. The van der Waals surface area contributed by atoms with Crippen molar-refractivity contribution in [2.45, 2.75) is 32.9 Å². The molecule has 0 spiro atoms. The van der Waals surface area contributed by atoms with Gasteiger partial charge in [0.05, 0.1) is 0 Å². The summed E-state index contributed by atoms with van der Waals surface area (Å²) in [5.41, 5.74) is 1.21. The van der Waals surface area contributed by atoms with Crippen molar-refractivity contribution < 1.29 is 9.52 Å². The zero-order valence-electron chi connectivity index (χ0n) is 10.2. The number of aliphatic hydroxyl groups excluding tert-OH is 1. The SMILES string of the molecule is CSCC(CCO)NCc1cc(C)oc1C. The number of aryl methyl sites for hydroxylation is 2. The molecule has 0 aliphatic rings. The highest BCUT2D eigenvalue weighted by atomic mass is 32.2. The lowest BCUT2D eigenvalue weighted by atomic mass is 10.2. The van der Waals surface area contributed by atoms with E-state index >= 15 is 0 Å². The summed E-state index contributed by atoms with van der Waals surface area (Å²) in [5, 5.41) is 12.4. The first kappa shape index (κ1) is 13.6. The fraction of sp³-hybridized carbons (Fsp3) is 0.667. The minimum atomic E-state index is 0.238. The fourth-order valence-electron chi connectivity index (χ4n) is 1.71. The lowest BCUT2D eigenvalue weighted by Crippen LogP contribution is -2.31. The van der Waals surface area contributed by atoms with Gasteiger partial charge in [0.2, 0.25) is 0 Å². The maximum Gasteiger partial charge on any atom is 0.105 e. The van der Waals surface area contributed by atoms with Gasteiger partial charge < -0.3 is 14.8 Å². The van der Waals surface area contributed by atoms with Gasteiger partial charge in [-0.3, -0.25) is 0 Å². The van der Waals surface area contributed by atoms with Crippen LogP contribution in [0.5, 0.6) is 0 Å². The number of hydrogen-bond donors (Lipinski definition) is 2. The zero-order valence-corrected chi connectivity index (χ0v) is 11.1. The Morgan fingerprint density at radius 3 is 2.75 bits per heavy atom. The maximum atomic E-state index is 8.95. The van der Waals surface area contributed by atoms with Crippen molar-refractivity contribution in [1.82, 2.24) is 5.32 Å². The molecule has 0 aliphatic carbocycles. The highest BCUT2D eigenvalue weighted by molar-refractivity contribution is 7.98. The van der Waals surface area contributed by atoms with E-state index < -0.39 is 0 Å². The Morgan fingerprint density at radius 1 is 1.50 bits per heavy atom. The van der Waals surface area contributed by atoms with Crippen LogP contribution in [0, 0.1) is 13.8 Å². The first-order valence-electron chi connectivity index (χ1n) is 5.56. The van der Waals surface area contributed by atoms with Gasteiger partial charge in [-0.15, -0.1) is 0 Å². The number of thioether (sulfide) groups is 1. The van der Waals surface area contributed by atoms with Crippen molar-refractivity contribution >= 4 is 11.8 Å². The molecule has 2 N–H and O–H groups in total. The van der Waals surface area contributed by atoms with Crippen LogP contribution in [0.15, 0.2) is 10.5 Å². The molecular formula is C12H21NO2S. The zero-order chi connectivity index (χ0) is 12.0. The standard InChI is InChI=1S/C12H21NO2S/c1-9-6-11(10(2)15-9)7-13-12(4-5-14)8-16-3/h6,12-14H,4-5,7-8H2,1-3H3. The summed E-state index contributed by atoms with van der Waals surface area (Å²) in [6.45, 7) is 5.00. The molecule has 1 rings (SSSR count). The minimum Gasteiger partial charge on any atom is -0.466 e. The number of aliphatic hydroxyl groups is 1. The van der Waals surface area contributed by atoms with Crippen LogP contribution in [0.3, 0.4) is 0 Å². The summed E-state index contributed by atoms with van der Waals surface area (Å²) < 4.78 is 5.47. The molecule has 0 aliphatic heterocycles. The average Bonchev–Trinajstić information content (AvgIpc) is 2.54. The first-order chi connectivity index (χ1) is 7.67. The molecule has 1 unspecified atom stereocenters. The molecule has 1 atom stereocenters. The minimum absolute atomic E-state index is 0.238. The van der Waals surface area contributed by atoms with Crippen LogP contribution < -0.4 is 5.32 Å². The molecule has 1 aromatic heterocycles. The van der Waals surface area contributed by atoms with E-state index in [0.717, 1.165) is 30.2 Å². The summed E-state index contributed by atoms with van der Waals surface area (Å²) >= 11 is 1.80. The molecule has 0 saturated carbocycles. The molecule has 4 heteroatoms. The predicted octanol–water partition coefficient (Wildman–Crippen LogP) is 2.10. The lowest BCUT2D eigenvalue weighted by molar-refractivity contribution is 0.269. The van der Waals surface area contributed by atoms with Gasteiger partial charge in [-0.1, -0.05) is 0 Å². The number of hydrogen-bond acceptors (Lipinski definition) is 4. The first-order valence-corrected chi connectivity index (χ1v) is 6.95. The largest absolute Gasteiger partial charge is 0.466 e. The van der Waals surface area contributed by atoms with Crippen LogP contribution in [0.1, 0.15) is 23.5 Å². The third-order valence-electron chi connectivity index (χ3n) is 2.57. The summed E-state index contributed by atoms with van der Waals surface area (Å²) in [4.78, 5) is 0. The molecule has 0 aromatic carbocycles. The molecule has 0 fully saturated rings. The van der Waals surface area contributed by atoms with Crippen LogP contribution >= 0.6 is 11.8 Å². The number of furan rings is 1. The Balaban J connectivity index is 2.44. The van der Waals surface area contributed by atoms with Gasteiger partial charge in [0.15, 0.2) is 0 Å². The highest BCUT2D eigenvalue weighted by Crippen LogP contribution is 2.14. The molecule has 1 heterocycles. The molecule has 3 nitrogen and oxygen atoms in total. The van der Waals surface area contributed by atoms with Crippen molar-refractivity contribution in [2.75, 3.05) is 18.6 Å². The van der Waals surface area contributed by atoms with Gasteiger partial charge in [0.25, 0.3) is 0 Å². The molecule has 0 saturated heterocycles. The lowest BCUT2D eigenvalue weighted by Gasteiger charge is -2.16. The normalized spacial score (nSPS) is 13.0. The Morgan fingerprint density at radius 2 is 2.25 bits per heavy atom. The summed E-state index contributed by atoms with van der Waals surface area (Å²) in [6, 6.07) is 2.44. The second kappa shape index (κ2) is 6.99. The van der Waals surface area contributed by atoms with Crippen LogP contribution in [-0.4, -0.2) is 29.8 Å². The highest BCUT2D eigenvalue weighted by Gasteiger charge is 2.09. The summed E-state index contributed by atoms with van der Waals surface area (Å²) in [6.07, 6.45) is 2.88. The topological polar surface area (TPSA) is 45.4 Å². The predicted molar refractivity (Wildman–Crippen MR) is 68.9 cm³/mol. The third-order valence-corrected chi connectivity index (χ3v) is 3.31. The second-order valence-electron chi connectivity index (χ2n) is 3.98. The Bertz CT molecular complexity index is 306. The van der Waals surface area contributed by atoms with Crippen molar-refractivity contribution in [2.24, 2.45) is 0 Å². The van der Waals surface area contributed by atoms with Gasteiger partial charge in [-0.05, 0) is 32.6 Å². The molecule has 1 aromatic rings. The quantitative estimate of drug-likeness (QED) is 0.770. The van der Waals surface area contributed by atoms with E-state index in [-0.39, 0.29) is 6.61 Å². The third kappa shape index (κ3) is 4.20. The Hall–Kier alpha value is -0.450. The Kier molecular flexibility index (Phi) is 5.95. The second-order valence-corrected chi connectivity index (χ2v) is 4.89. The van der Waals surface area contributed by atoms with Crippen molar-refractivity contribution in [1.29, 1.82) is 0 Å². The van der Waals surface area contributed by atoms with Crippen molar-refractivity contribution in [3.05, 3.63) is 23.2 Å². The molecule has 0 radical (unpaired) electrons. The van der Waals surface area contributed by atoms with E-state index in [0.29, 0.717) is 6.04 Å². The van der Waals surface area contributed by atoms with Crippen LogP contribution in [0.2, 0.25) is 0 Å². The smallest absolute Gasteiger partial charge is 0.105 e. The van der Waals surface area contributed by atoms with E-state index in [1.807, 2.05) is 13.8 Å². The van der Waals surface area contributed by atoms with Gasteiger partial charge in [0.1, 0.15) is 11.5 Å². The Labute approximate surface area is 102 Å². The van der Waals surface area contributed by atoms with Crippen LogP contribution in [0.25, 0.3) is 0 Å². The summed E-state index contributed by atoms with van der Waals surface area (Å²) in [5.74, 6) is 2.96. The van der Waals surface area contributed by atoms with Crippen LogP contribution in [-0.2, 0) is 6.54 Å². The van der Waals surface area contributed by atoms with Gasteiger partial charge in [-0.2, -0.15) is 11.8 Å². The van der Waals surface area contributed by atoms with Gasteiger partial charge in [0, 0.05) is 30.5 Å². The monoisotopic (exact) mass is 243 g/mol. The van der Waals surface area contributed by atoms with Gasteiger partial charge in [-0.25, -0.2) is 0 Å². The molecule has 0 amide bonds. The summed E-state index contributed by atoms with van der Waals surface area (Å²) in [7, 11) is 0. The molecule has 92 valence electrons. The van der Waals surface area contributed by atoms with E-state index in [2.05, 4.69) is 17.6 Å². The maximum absolute atomic E-state index is 8.95. The van der Waals surface area contributed by atoms with E-state index in [4.69, 9.17) is 9.52 Å². The van der Waals surface area contributed by atoms with Crippen molar-refractivity contribution in [3.63, 3.8) is 0 Å². The van der Waals surface area contributed by atoms with Crippen molar-refractivity contribution in [3.8, 4) is 0 Å². The average molecular weight is 243 g/mol. The van der Waals surface area contributed by atoms with Gasteiger partial charge >= 0.3 is 0 Å². The fourth-order valence-corrected chi connectivity index (χ4v) is 2.40. The van der Waals surface area contributed by atoms with E-state index in [1.165, 1.54) is 5.56 Å². The number of rotatable bonds is 7. The molecule has 16 heavy (non-hydrogen) atoms. The molecule has 0 bridgehead atoms.